The number of nitrogens with zero attached hydrogens (tertiary/aromatic N) is 1. The van der Waals surface area contributed by atoms with E-state index in [1.165, 1.54) is 21.6 Å². The molecular weight excluding hydrogens is 446 g/mol. The molecule has 0 unspecified atom stereocenters. The second-order valence-corrected chi connectivity index (χ2v) is 9.25. The van der Waals surface area contributed by atoms with Crippen LogP contribution in [0.1, 0.15) is 58.0 Å². The Balaban J connectivity index is 1.23. The van der Waals surface area contributed by atoms with Gasteiger partial charge in [0.05, 0.1) is 11.1 Å². The van der Waals surface area contributed by atoms with Crippen molar-refractivity contribution in [1.82, 2.24) is 4.90 Å². The molecule has 4 nitrogen and oxygen atoms in total. The molecule has 0 saturated heterocycles. The van der Waals surface area contributed by atoms with Crippen molar-refractivity contribution < 1.29 is 14.3 Å². The van der Waals surface area contributed by atoms with Crippen molar-refractivity contribution in [3.8, 4) is 5.75 Å². The summed E-state index contributed by atoms with van der Waals surface area (Å²) in [6, 6.07) is 13.5. The third-order valence-corrected chi connectivity index (χ3v) is 6.63. The first-order valence-corrected chi connectivity index (χ1v) is 12.4. The molecule has 0 fully saturated rings. The van der Waals surface area contributed by atoms with Crippen molar-refractivity contribution in [3.63, 3.8) is 0 Å². The van der Waals surface area contributed by atoms with Crippen LogP contribution in [-0.4, -0.2) is 16.7 Å². The summed E-state index contributed by atoms with van der Waals surface area (Å²) in [5.41, 5.74) is 6.39. The number of aryl methyl sites for hydroxylation is 1. The van der Waals surface area contributed by atoms with Crippen LogP contribution in [0.3, 0.4) is 0 Å². The average Bonchev–Trinajstić information content (AvgIpc) is 3.12. The molecule has 2 aromatic rings. The first-order chi connectivity index (χ1) is 17.5. The van der Waals surface area contributed by atoms with Crippen molar-refractivity contribution >= 4 is 11.8 Å². The number of allylic oxidation sites excluding steroid dienone is 10. The summed E-state index contributed by atoms with van der Waals surface area (Å²) in [5, 5.41) is 0. The molecule has 0 radical (unpaired) electrons. The van der Waals surface area contributed by atoms with Gasteiger partial charge in [0, 0.05) is 5.70 Å². The number of hydrogen-bond donors (Lipinski definition) is 0. The van der Waals surface area contributed by atoms with E-state index in [4.69, 9.17) is 4.74 Å². The fourth-order valence-corrected chi connectivity index (χ4v) is 4.57. The van der Waals surface area contributed by atoms with E-state index in [0.717, 1.165) is 30.6 Å². The highest BCUT2D eigenvalue weighted by molar-refractivity contribution is 6.22. The first-order valence-electron chi connectivity index (χ1n) is 12.4. The lowest BCUT2D eigenvalue weighted by Gasteiger charge is -2.14. The van der Waals surface area contributed by atoms with Crippen molar-refractivity contribution in [3.05, 3.63) is 136 Å². The predicted molar refractivity (Wildman–Crippen MR) is 143 cm³/mol. The highest BCUT2D eigenvalue weighted by atomic mass is 16.5. The Morgan fingerprint density at radius 1 is 0.889 bits per heavy atom. The van der Waals surface area contributed by atoms with Crippen LogP contribution >= 0.6 is 0 Å². The molecule has 180 valence electrons. The number of fused-ring (bicyclic) bond motifs is 1. The standard InChI is InChI=1S/C32H29NO3/c1-3-23-6-4-7-24(12-11-23)21-25-13-16-28(17-14-25)36-27-9-5-8-26(15-18-27)33-31(34)29-19-10-22(2)20-30(29)32(33)35/h4,7-20H,3,5-6,21H2,1-2H3. The van der Waals surface area contributed by atoms with E-state index >= 15 is 0 Å². The molecule has 2 amide bonds. The highest BCUT2D eigenvalue weighted by Crippen LogP contribution is 2.29. The number of hydrogen-bond acceptors (Lipinski definition) is 3. The maximum Gasteiger partial charge on any atom is 0.266 e. The Kier molecular flexibility index (Phi) is 6.68. The van der Waals surface area contributed by atoms with Crippen molar-refractivity contribution in [1.29, 1.82) is 0 Å². The zero-order valence-corrected chi connectivity index (χ0v) is 20.7. The SMILES string of the molecule is CCC1=CC=C(Cc2ccc(OC3=CCC=C(N4C(=O)c5ccc(C)cc5C4=O)C=C3)cc2)C=CC1. The van der Waals surface area contributed by atoms with Crippen LogP contribution in [0.15, 0.2) is 114 Å². The number of carbonyl (C=O) groups excluding carboxylic acids is 2. The van der Waals surface area contributed by atoms with Crippen LogP contribution in [0.5, 0.6) is 5.75 Å². The van der Waals surface area contributed by atoms with E-state index in [0.29, 0.717) is 29.0 Å². The van der Waals surface area contributed by atoms with Gasteiger partial charge in [0.25, 0.3) is 11.8 Å². The fourth-order valence-electron chi connectivity index (χ4n) is 4.57. The molecular formula is C32H29NO3. The van der Waals surface area contributed by atoms with Gasteiger partial charge < -0.3 is 4.74 Å². The first kappa shape index (κ1) is 23.6. The zero-order valence-electron chi connectivity index (χ0n) is 20.7. The molecule has 1 heterocycles. The molecule has 5 rings (SSSR count). The van der Waals surface area contributed by atoms with Gasteiger partial charge in [-0.15, -0.1) is 0 Å². The van der Waals surface area contributed by atoms with E-state index in [9.17, 15) is 9.59 Å². The summed E-state index contributed by atoms with van der Waals surface area (Å²) < 4.78 is 6.09. The van der Waals surface area contributed by atoms with Crippen LogP contribution < -0.4 is 4.74 Å². The van der Waals surface area contributed by atoms with Crippen LogP contribution in [0.4, 0.5) is 0 Å². The Labute approximate surface area is 212 Å². The molecule has 3 aliphatic rings. The lowest BCUT2D eigenvalue weighted by molar-refractivity contribution is 0.0709. The molecule has 2 aromatic carbocycles. The predicted octanol–water partition coefficient (Wildman–Crippen LogP) is 7.16. The largest absolute Gasteiger partial charge is 0.458 e. The van der Waals surface area contributed by atoms with Gasteiger partial charge in [0.2, 0.25) is 0 Å². The van der Waals surface area contributed by atoms with Crippen LogP contribution in [0.25, 0.3) is 0 Å². The third kappa shape index (κ3) is 4.94. The molecule has 0 spiro atoms. The second kappa shape index (κ2) is 10.2. The Morgan fingerprint density at radius 3 is 2.50 bits per heavy atom. The Morgan fingerprint density at radius 2 is 1.69 bits per heavy atom. The van der Waals surface area contributed by atoms with E-state index in [2.05, 4.69) is 43.4 Å². The van der Waals surface area contributed by atoms with Crippen LogP contribution in [-0.2, 0) is 6.42 Å². The van der Waals surface area contributed by atoms with Crippen molar-refractivity contribution in [2.45, 2.75) is 39.5 Å². The fraction of sp³-hybridized carbons (Fsp3) is 0.188. The average molecular weight is 476 g/mol. The molecule has 0 saturated carbocycles. The van der Waals surface area contributed by atoms with E-state index in [1.807, 2.05) is 37.3 Å². The number of carbonyl (C=O) groups is 2. The number of imide groups is 1. The monoisotopic (exact) mass is 475 g/mol. The van der Waals surface area contributed by atoms with Gasteiger partial charge in [-0.05, 0) is 86.2 Å². The zero-order chi connectivity index (χ0) is 25.1. The molecule has 4 heteroatoms. The molecule has 0 bridgehead atoms. The molecule has 0 aromatic heterocycles. The summed E-state index contributed by atoms with van der Waals surface area (Å²) in [6.07, 6.45) is 19.8. The van der Waals surface area contributed by atoms with Gasteiger partial charge in [-0.3, -0.25) is 9.59 Å². The number of amides is 2. The minimum Gasteiger partial charge on any atom is -0.458 e. The van der Waals surface area contributed by atoms with Crippen LogP contribution in [0.2, 0.25) is 0 Å². The summed E-state index contributed by atoms with van der Waals surface area (Å²) in [5.74, 6) is 0.849. The quantitative estimate of drug-likeness (QED) is 0.416. The Bertz CT molecular complexity index is 1400. The summed E-state index contributed by atoms with van der Waals surface area (Å²) in [4.78, 5) is 27.1. The molecule has 36 heavy (non-hydrogen) atoms. The lowest BCUT2D eigenvalue weighted by Crippen LogP contribution is -2.28. The maximum absolute atomic E-state index is 12.9. The van der Waals surface area contributed by atoms with Crippen molar-refractivity contribution in [2.24, 2.45) is 0 Å². The molecule has 2 aliphatic carbocycles. The van der Waals surface area contributed by atoms with Gasteiger partial charge in [0.1, 0.15) is 11.5 Å². The van der Waals surface area contributed by atoms with Gasteiger partial charge >= 0.3 is 0 Å². The van der Waals surface area contributed by atoms with E-state index in [-0.39, 0.29) is 11.8 Å². The second-order valence-electron chi connectivity index (χ2n) is 9.25. The molecule has 1 aliphatic heterocycles. The minimum atomic E-state index is -0.286. The number of rotatable bonds is 6. The van der Waals surface area contributed by atoms with Gasteiger partial charge in [0.15, 0.2) is 0 Å². The summed E-state index contributed by atoms with van der Waals surface area (Å²) in [7, 11) is 0. The Hall–Kier alpha value is -4.18. The lowest BCUT2D eigenvalue weighted by atomic mass is 10.0. The smallest absolute Gasteiger partial charge is 0.266 e. The number of ether oxygens (including phenoxy) is 1. The van der Waals surface area contributed by atoms with Gasteiger partial charge in [-0.1, -0.05) is 66.6 Å². The summed E-state index contributed by atoms with van der Waals surface area (Å²) in [6.45, 7) is 4.11. The van der Waals surface area contributed by atoms with Gasteiger partial charge in [-0.25, -0.2) is 4.90 Å². The normalized spacial score (nSPS) is 17.1. The third-order valence-electron chi connectivity index (χ3n) is 6.63. The van der Waals surface area contributed by atoms with Gasteiger partial charge in [-0.2, -0.15) is 0 Å². The maximum atomic E-state index is 12.9. The van der Waals surface area contributed by atoms with E-state index < -0.39 is 0 Å². The van der Waals surface area contributed by atoms with Crippen molar-refractivity contribution in [2.75, 3.05) is 0 Å². The van der Waals surface area contributed by atoms with E-state index in [1.54, 1.807) is 24.3 Å². The highest BCUT2D eigenvalue weighted by Gasteiger charge is 2.37. The minimum absolute atomic E-state index is 0.283. The molecule has 0 atom stereocenters. The van der Waals surface area contributed by atoms with Crippen LogP contribution in [0, 0.1) is 6.92 Å². The summed E-state index contributed by atoms with van der Waals surface area (Å²) >= 11 is 0. The molecule has 0 N–H and O–H groups in total. The number of benzene rings is 2. The topological polar surface area (TPSA) is 46.6 Å².